The van der Waals surface area contributed by atoms with Crippen molar-refractivity contribution in [1.82, 2.24) is 0 Å². The van der Waals surface area contributed by atoms with Crippen molar-refractivity contribution >= 4 is 5.78 Å². The maximum absolute atomic E-state index is 11.2. The molecule has 15 heavy (non-hydrogen) atoms. The molecule has 1 radical (unpaired) electrons. The first-order valence-corrected chi connectivity index (χ1v) is 6.30. The van der Waals surface area contributed by atoms with Gasteiger partial charge in [0, 0.05) is 6.42 Å². The summed E-state index contributed by atoms with van der Waals surface area (Å²) in [6, 6.07) is 0. The van der Waals surface area contributed by atoms with Gasteiger partial charge in [0.1, 0.15) is 0 Å². The number of unbranched alkanes of at least 4 members (excludes halogenated alkanes) is 6. The maximum atomic E-state index is 11.2. The summed E-state index contributed by atoms with van der Waals surface area (Å²) in [7, 11) is 0. The lowest BCUT2D eigenvalue weighted by atomic mass is 10.1. The number of allylic oxidation sites excluding steroid dienone is 2. The predicted molar refractivity (Wildman–Crippen MR) is 66.7 cm³/mol. The highest BCUT2D eigenvalue weighted by Crippen LogP contribution is 2.08. The standard InChI is InChI=1S/C14H25O/c1-3-5-7-8-9-10-11-13-14(15)12-6-4-2/h6,12H,1,3-5,7-11,13H2,2H3. The van der Waals surface area contributed by atoms with Gasteiger partial charge in [-0.2, -0.15) is 0 Å². The van der Waals surface area contributed by atoms with Crippen molar-refractivity contribution in [3.63, 3.8) is 0 Å². The third-order valence-electron chi connectivity index (χ3n) is 2.46. The van der Waals surface area contributed by atoms with Gasteiger partial charge >= 0.3 is 0 Å². The Balaban J connectivity index is 3.16. The van der Waals surface area contributed by atoms with Gasteiger partial charge in [-0.15, -0.1) is 0 Å². The molecule has 0 amide bonds. The van der Waals surface area contributed by atoms with Crippen LogP contribution in [0.3, 0.4) is 0 Å². The molecule has 0 unspecified atom stereocenters. The van der Waals surface area contributed by atoms with E-state index in [9.17, 15) is 4.79 Å². The Morgan fingerprint density at radius 2 is 1.67 bits per heavy atom. The summed E-state index contributed by atoms with van der Waals surface area (Å²) in [4.78, 5) is 11.2. The highest BCUT2D eigenvalue weighted by molar-refractivity contribution is 5.89. The van der Waals surface area contributed by atoms with Crippen molar-refractivity contribution < 1.29 is 4.79 Å². The third-order valence-corrected chi connectivity index (χ3v) is 2.46. The molecule has 0 aliphatic rings. The lowest BCUT2D eigenvalue weighted by molar-refractivity contribution is -0.114. The molecule has 0 saturated heterocycles. The molecule has 0 bridgehead atoms. The SMILES string of the molecule is [CH2]CCCCCCCCC(=O)C=CCC. The number of carbonyl (C=O) groups is 1. The van der Waals surface area contributed by atoms with Crippen molar-refractivity contribution in [3.05, 3.63) is 19.1 Å². The van der Waals surface area contributed by atoms with Gasteiger partial charge in [-0.3, -0.25) is 4.79 Å². The van der Waals surface area contributed by atoms with Gasteiger partial charge in [-0.25, -0.2) is 0 Å². The van der Waals surface area contributed by atoms with E-state index in [1.165, 1.54) is 32.1 Å². The molecule has 0 atom stereocenters. The molecule has 0 N–H and O–H groups in total. The number of rotatable bonds is 10. The Bertz CT molecular complexity index is 170. The van der Waals surface area contributed by atoms with Crippen LogP contribution in [-0.4, -0.2) is 5.78 Å². The minimum atomic E-state index is 0.287. The fraction of sp³-hybridized carbons (Fsp3) is 0.714. The number of hydrogen-bond acceptors (Lipinski definition) is 1. The van der Waals surface area contributed by atoms with E-state index in [-0.39, 0.29) is 5.78 Å². The zero-order valence-electron chi connectivity index (χ0n) is 10.1. The van der Waals surface area contributed by atoms with E-state index in [4.69, 9.17) is 0 Å². The van der Waals surface area contributed by atoms with Crippen LogP contribution in [0.5, 0.6) is 0 Å². The monoisotopic (exact) mass is 209 g/mol. The molecule has 0 aliphatic heterocycles. The third kappa shape index (κ3) is 11.3. The van der Waals surface area contributed by atoms with Crippen LogP contribution < -0.4 is 0 Å². The molecule has 0 aromatic rings. The van der Waals surface area contributed by atoms with Crippen LogP contribution in [-0.2, 0) is 4.79 Å². The average Bonchev–Trinajstić information content (AvgIpc) is 2.25. The zero-order chi connectivity index (χ0) is 11.4. The lowest BCUT2D eigenvalue weighted by Gasteiger charge is -1.99. The quantitative estimate of drug-likeness (QED) is 0.383. The lowest BCUT2D eigenvalue weighted by Crippen LogP contribution is -1.92. The Hall–Kier alpha value is -0.590. The van der Waals surface area contributed by atoms with Crippen LogP contribution in [0.2, 0.25) is 0 Å². The summed E-state index contributed by atoms with van der Waals surface area (Å²) in [5.41, 5.74) is 0. The van der Waals surface area contributed by atoms with Gasteiger partial charge in [-0.1, -0.05) is 58.4 Å². The van der Waals surface area contributed by atoms with E-state index < -0.39 is 0 Å². The summed E-state index contributed by atoms with van der Waals surface area (Å²) < 4.78 is 0. The molecular weight excluding hydrogens is 184 g/mol. The molecule has 0 aromatic heterocycles. The van der Waals surface area contributed by atoms with Gasteiger partial charge < -0.3 is 0 Å². The number of ketones is 1. The summed E-state index contributed by atoms with van der Waals surface area (Å²) in [6.07, 6.45) is 13.8. The predicted octanol–water partition coefficient (Wildman–Crippen LogP) is 4.48. The smallest absolute Gasteiger partial charge is 0.155 e. The van der Waals surface area contributed by atoms with Crippen molar-refractivity contribution in [1.29, 1.82) is 0 Å². The highest BCUT2D eigenvalue weighted by Gasteiger charge is 1.96. The van der Waals surface area contributed by atoms with Crippen LogP contribution in [0.1, 0.15) is 64.7 Å². The van der Waals surface area contributed by atoms with Gasteiger partial charge in [0.05, 0.1) is 0 Å². The summed E-state index contributed by atoms with van der Waals surface area (Å²) >= 11 is 0. The fourth-order valence-corrected chi connectivity index (χ4v) is 1.52. The molecule has 1 heteroatoms. The molecule has 87 valence electrons. The van der Waals surface area contributed by atoms with Crippen molar-refractivity contribution in [2.75, 3.05) is 0 Å². The molecule has 0 aromatic carbocycles. The van der Waals surface area contributed by atoms with Gasteiger partial charge in [0.2, 0.25) is 0 Å². The molecule has 0 spiro atoms. The van der Waals surface area contributed by atoms with Gasteiger partial charge in [-0.05, 0) is 18.9 Å². The second-order valence-corrected chi connectivity index (χ2v) is 4.00. The number of carbonyl (C=O) groups excluding carboxylic acids is 1. The van der Waals surface area contributed by atoms with E-state index in [2.05, 4.69) is 6.92 Å². The number of hydrogen-bond donors (Lipinski definition) is 0. The van der Waals surface area contributed by atoms with Crippen molar-refractivity contribution in [2.45, 2.75) is 64.7 Å². The summed E-state index contributed by atoms with van der Waals surface area (Å²) in [5.74, 6) is 0.287. The summed E-state index contributed by atoms with van der Waals surface area (Å²) in [6.45, 7) is 5.87. The van der Waals surface area contributed by atoms with Crippen LogP contribution in [0.15, 0.2) is 12.2 Å². The first kappa shape index (κ1) is 14.4. The largest absolute Gasteiger partial charge is 0.295 e. The zero-order valence-corrected chi connectivity index (χ0v) is 10.1. The topological polar surface area (TPSA) is 17.1 Å². The molecule has 0 saturated carbocycles. The molecule has 0 aliphatic carbocycles. The fourth-order valence-electron chi connectivity index (χ4n) is 1.52. The average molecular weight is 209 g/mol. The van der Waals surface area contributed by atoms with E-state index in [1.54, 1.807) is 6.08 Å². The summed E-state index contributed by atoms with van der Waals surface area (Å²) in [5, 5.41) is 0. The highest BCUT2D eigenvalue weighted by atomic mass is 16.1. The minimum absolute atomic E-state index is 0.287. The van der Waals surface area contributed by atoms with Gasteiger partial charge in [0.25, 0.3) is 0 Å². The Labute approximate surface area is 95.0 Å². The van der Waals surface area contributed by atoms with E-state index in [1.807, 2.05) is 13.0 Å². The first-order valence-electron chi connectivity index (χ1n) is 6.30. The Morgan fingerprint density at radius 3 is 2.27 bits per heavy atom. The van der Waals surface area contributed by atoms with Crippen LogP contribution >= 0.6 is 0 Å². The molecular formula is C14H25O. The molecule has 0 rings (SSSR count). The first-order chi connectivity index (χ1) is 7.31. The van der Waals surface area contributed by atoms with Gasteiger partial charge in [0.15, 0.2) is 5.78 Å². The second kappa shape index (κ2) is 11.5. The van der Waals surface area contributed by atoms with Crippen LogP contribution in [0, 0.1) is 6.92 Å². The van der Waals surface area contributed by atoms with Crippen molar-refractivity contribution in [3.8, 4) is 0 Å². The second-order valence-electron chi connectivity index (χ2n) is 4.00. The van der Waals surface area contributed by atoms with E-state index in [0.29, 0.717) is 0 Å². The van der Waals surface area contributed by atoms with Crippen molar-refractivity contribution in [2.24, 2.45) is 0 Å². The van der Waals surface area contributed by atoms with Crippen LogP contribution in [0.25, 0.3) is 0 Å². The molecule has 0 fully saturated rings. The molecule has 0 heterocycles. The minimum Gasteiger partial charge on any atom is -0.295 e. The van der Waals surface area contributed by atoms with Crippen LogP contribution in [0.4, 0.5) is 0 Å². The van der Waals surface area contributed by atoms with E-state index >= 15 is 0 Å². The normalized spacial score (nSPS) is 11.1. The Morgan fingerprint density at radius 1 is 1.07 bits per heavy atom. The Kier molecular flexibility index (Phi) is 11.0. The maximum Gasteiger partial charge on any atom is 0.155 e. The molecule has 1 nitrogen and oxygen atoms in total. The van der Waals surface area contributed by atoms with E-state index in [0.717, 1.165) is 25.7 Å².